The lowest BCUT2D eigenvalue weighted by Gasteiger charge is -2.26. The SMILES string of the molecule is CC(=O)OCC(O)(CCOc1ccc([N+](=O)[O-])cc1)COC(C)=O. The third-order valence-corrected chi connectivity index (χ3v) is 2.97. The summed E-state index contributed by atoms with van der Waals surface area (Å²) in [6.07, 6.45) is 0.0184. The number of ether oxygens (including phenoxy) is 3. The third-order valence-electron chi connectivity index (χ3n) is 2.97. The highest BCUT2D eigenvalue weighted by Crippen LogP contribution is 2.19. The zero-order valence-electron chi connectivity index (χ0n) is 13.4. The second-order valence-electron chi connectivity index (χ2n) is 5.13. The van der Waals surface area contributed by atoms with Crippen LogP contribution < -0.4 is 4.74 Å². The van der Waals surface area contributed by atoms with E-state index >= 15 is 0 Å². The van der Waals surface area contributed by atoms with E-state index in [9.17, 15) is 24.8 Å². The van der Waals surface area contributed by atoms with Crippen molar-refractivity contribution in [1.29, 1.82) is 0 Å². The van der Waals surface area contributed by atoms with Crippen LogP contribution in [0.4, 0.5) is 5.69 Å². The van der Waals surface area contributed by atoms with Crippen LogP contribution in [-0.4, -0.2) is 47.4 Å². The van der Waals surface area contributed by atoms with E-state index in [1.165, 1.54) is 38.1 Å². The number of hydrogen-bond acceptors (Lipinski definition) is 8. The molecule has 0 aliphatic rings. The second kappa shape index (κ2) is 8.82. The van der Waals surface area contributed by atoms with Crippen LogP contribution in [0.5, 0.6) is 5.75 Å². The highest BCUT2D eigenvalue weighted by atomic mass is 16.6. The quantitative estimate of drug-likeness (QED) is 0.404. The summed E-state index contributed by atoms with van der Waals surface area (Å²) in [6.45, 7) is 1.72. The zero-order chi connectivity index (χ0) is 18.2. The van der Waals surface area contributed by atoms with Gasteiger partial charge in [-0.25, -0.2) is 0 Å². The molecule has 0 aliphatic carbocycles. The average Bonchev–Trinajstić information content (AvgIpc) is 2.52. The first kappa shape index (κ1) is 19.4. The number of carbonyl (C=O) groups excluding carboxylic acids is 2. The molecule has 0 fully saturated rings. The molecule has 9 heteroatoms. The number of nitro benzene ring substituents is 1. The number of nitrogens with zero attached hydrogens (tertiary/aromatic N) is 1. The lowest BCUT2D eigenvalue weighted by molar-refractivity contribution is -0.384. The fourth-order valence-electron chi connectivity index (χ4n) is 1.68. The minimum absolute atomic E-state index is 0.0184. The minimum Gasteiger partial charge on any atom is -0.493 e. The van der Waals surface area contributed by atoms with Crippen molar-refractivity contribution in [2.45, 2.75) is 25.9 Å². The molecular formula is C15H19NO8. The molecule has 24 heavy (non-hydrogen) atoms. The summed E-state index contributed by atoms with van der Waals surface area (Å²) in [5.74, 6) is -0.775. The van der Waals surface area contributed by atoms with Gasteiger partial charge in [-0.3, -0.25) is 19.7 Å². The Kier molecular flexibility index (Phi) is 7.12. The van der Waals surface area contributed by atoms with Gasteiger partial charge in [0, 0.05) is 32.4 Å². The van der Waals surface area contributed by atoms with E-state index in [1.54, 1.807) is 0 Å². The maximum atomic E-state index is 10.9. The number of non-ortho nitro benzene ring substituents is 1. The van der Waals surface area contributed by atoms with Crippen LogP contribution in [0.25, 0.3) is 0 Å². The molecule has 0 heterocycles. The van der Waals surface area contributed by atoms with Gasteiger partial charge in [-0.15, -0.1) is 0 Å². The van der Waals surface area contributed by atoms with Crippen molar-refractivity contribution in [3.8, 4) is 5.75 Å². The first-order chi connectivity index (χ1) is 11.2. The molecule has 0 saturated heterocycles. The molecule has 0 saturated carbocycles. The molecule has 0 radical (unpaired) electrons. The van der Waals surface area contributed by atoms with Crippen molar-refractivity contribution >= 4 is 17.6 Å². The van der Waals surface area contributed by atoms with E-state index in [2.05, 4.69) is 0 Å². The number of esters is 2. The monoisotopic (exact) mass is 341 g/mol. The van der Waals surface area contributed by atoms with E-state index in [4.69, 9.17) is 14.2 Å². The van der Waals surface area contributed by atoms with Crippen LogP contribution in [0.3, 0.4) is 0 Å². The maximum Gasteiger partial charge on any atom is 0.302 e. The van der Waals surface area contributed by atoms with Gasteiger partial charge in [-0.2, -0.15) is 0 Å². The summed E-state index contributed by atoms with van der Waals surface area (Å²) in [5, 5.41) is 20.9. The van der Waals surface area contributed by atoms with Crippen LogP contribution in [0.1, 0.15) is 20.3 Å². The highest BCUT2D eigenvalue weighted by Gasteiger charge is 2.30. The third kappa shape index (κ3) is 7.05. The predicted octanol–water partition coefficient (Wildman–Crippen LogP) is 1.22. The van der Waals surface area contributed by atoms with E-state index in [0.717, 1.165) is 0 Å². The summed E-state index contributed by atoms with van der Waals surface area (Å²) in [7, 11) is 0. The number of hydrogen-bond donors (Lipinski definition) is 1. The summed E-state index contributed by atoms with van der Waals surface area (Å²) >= 11 is 0. The molecule has 0 aromatic heterocycles. The molecule has 132 valence electrons. The van der Waals surface area contributed by atoms with Crippen molar-refractivity contribution in [3.63, 3.8) is 0 Å². The van der Waals surface area contributed by atoms with Crippen molar-refractivity contribution in [3.05, 3.63) is 34.4 Å². The van der Waals surface area contributed by atoms with Gasteiger partial charge >= 0.3 is 11.9 Å². The normalized spacial score (nSPS) is 10.8. The van der Waals surface area contributed by atoms with E-state index in [1.807, 2.05) is 0 Å². The molecule has 0 amide bonds. The number of nitro groups is 1. The number of rotatable bonds is 9. The van der Waals surface area contributed by atoms with Gasteiger partial charge in [0.2, 0.25) is 0 Å². The van der Waals surface area contributed by atoms with Crippen LogP contribution in [-0.2, 0) is 19.1 Å². The Balaban J connectivity index is 2.57. The topological polar surface area (TPSA) is 125 Å². The lowest BCUT2D eigenvalue weighted by Crippen LogP contribution is -2.42. The fourth-order valence-corrected chi connectivity index (χ4v) is 1.68. The molecule has 0 unspecified atom stereocenters. The zero-order valence-corrected chi connectivity index (χ0v) is 13.4. The highest BCUT2D eigenvalue weighted by molar-refractivity contribution is 5.66. The van der Waals surface area contributed by atoms with Gasteiger partial charge in [0.05, 0.1) is 11.5 Å². The minimum atomic E-state index is -1.59. The van der Waals surface area contributed by atoms with E-state index in [-0.39, 0.29) is 31.9 Å². The predicted molar refractivity (Wildman–Crippen MR) is 81.4 cm³/mol. The average molecular weight is 341 g/mol. The Hall–Kier alpha value is -2.68. The molecule has 1 N–H and O–H groups in total. The molecule has 0 bridgehead atoms. The van der Waals surface area contributed by atoms with Crippen molar-refractivity contribution < 1.29 is 33.8 Å². The number of benzene rings is 1. The van der Waals surface area contributed by atoms with Crippen LogP contribution in [0.2, 0.25) is 0 Å². The van der Waals surface area contributed by atoms with E-state index < -0.39 is 22.5 Å². The van der Waals surface area contributed by atoms with Crippen molar-refractivity contribution in [1.82, 2.24) is 0 Å². The summed E-state index contributed by atoms with van der Waals surface area (Å²) in [5.41, 5.74) is -1.65. The van der Waals surface area contributed by atoms with Crippen molar-refractivity contribution in [2.75, 3.05) is 19.8 Å². The fraction of sp³-hybridized carbons (Fsp3) is 0.467. The largest absolute Gasteiger partial charge is 0.493 e. The second-order valence-corrected chi connectivity index (χ2v) is 5.13. The first-order valence-electron chi connectivity index (χ1n) is 7.08. The molecule has 0 spiro atoms. The molecule has 0 aliphatic heterocycles. The summed E-state index contributed by atoms with van der Waals surface area (Å²) in [4.78, 5) is 31.8. The Morgan fingerprint density at radius 2 is 1.62 bits per heavy atom. The molecule has 1 rings (SSSR count). The Bertz CT molecular complexity index is 566. The molecular weight excluding hydrogens is 322 g/mol. The van der Waals surface area contributed by atoms with Crippen molar-refractivity contribution in [2.24, 2.45) is 0 Å². The van der Waals surface area contributed by atoms with E-state index in [0.29, 0.717) is 5.75 Å². The molecule has 1 aromatic rings. The summed E-state index contributed by atoms with van der Waals surface area (Å²) < 4.78 is 14.9. The lowest BCUT2D eigenvalue weighted by atomic mass is 10.0. The molecule has 9 nitrogen and oxygen atoms in total. The van der Waals surface area contributed by atoms with Gasteiger partial charge < -0.3 is 19.3 Å². The standard InChI is InChI=1S/C15H19NO8/c1-11(17)23-9-15(19,10-24-12(2)18)7-8-22-14-5-3-13(4-6-14)16(20)21/h3-6,19H,7-10H2,1-2H3. The number of carbonyl (C=O) groups is 2. The number of aliphatic hydroxyl groups is 1. The Morgan fingerprint density at radius 3 is 2.04 bits per heavy atom. The Labute approximate surface area is 138 Å². The van der Waals surface area contributed by atoms with Gasteiger partial charge in [-0.1, -0.05) is 0 Å². The molecule has 1 aromatic carbocycles. The van der Waals surface area contributed by atoms with Crippen LogP contribution >= 0.6 is 0 Å². The van der Waals surface area contributed by atoms with Gasteiger partial charge in [0.1, 0.15) is 24.6 Å². The maximum absolute atomic E-state index is 10.9. The smallest absolute Gasteiger partial charge is 0.302 e. The van der Waals surface area contributed by atoms with Crippen LogP contribution in [0, 0.1) is 10.1 Å². The summed E-state index contributed by atoms with van der Waals surface area (Å²) in [6, 6.07) is 5.43. The van der Waals surface area contributed by atoms with Gasteiger partial charge in [-0.05, 0) is 12.1 Å². The van der Waals surface area contributed by atoms with Gasteiger partial charge in [0.15, 0.2) is 0 Å². The molecule has 0 atom stereocenters. The van der Waals surface area contributed by atoms with Crippen LogP contribution in [0.15, 0.2) is 24.3 Å². The Morgan fingerprint density at radius 1 is 1.12 bits per heavy atom. The van der Waals surface area contributed by atoms with Gasteiger partial charge in [0.25, 0.3) is 5.69 Å². The first-order valence-corrected chi connectivity index (χ1v) is 7.08.